The van der Waals surface area contributed by atoms with E-state index in [0.29, 0.717) is 16.5 Å². The molecule has 5 nitrogen and oxygen atoms in total. The standard InChI is InChI=1S/C18H18ClNO4/c1-12-7-13(2)9-14(8-12)20-17(21)10-24-18(22)11-23-16-6-4-3-5-15(16)19/h3-9H,10-11H2,1-2H3,(H,20,21). The highest BCUT2D eigenvalue weighted by molar-refractivity contribution is 6.32. The fourth-order valence-electron chi connectivity index (χ4n) is 2.13. The molecule has 0 heterocycles. The number of nitrogens with one attached hydrogen (secondary N) is 1. The highest BCUT2D eigenvalue weighted by Gasteiger charge is 2.10. The van der Waals surface area contributed by atoms with E-state index < -0.39 is 11.9 Å². The van der Waals surface area contributed by atoms with E-state index in [1.54, 1.807) is 24.3 Å². The first-order valence-corrected chi connectivity index (χ1v) is 7.73. The van der Waals surface area contributed by atoms with Crippen LogP contribution in [0.3, 0.4) is 0 Å². The highest BCUT2D eigenvalue weighted by Crippen LogP contribution is 2.22. The minimum absolute atomic E-state index is 0.319. The Bertz CT molecular complexity index is 725. The van der Waals surface area contributed by atoms with Gasteiger partial charge in [-0.05, 0) is 49.2 Å². The zero-order valence-corrected chi connectivity index (χ0v) is 14.2. The molecule has 24 heavy (non-hydrogen) atoms. The number of esters is 1. The summed E-state index contributed by atoms with van der Waals surface area (Å²) in [6.45, 7) is 3.18. The van der Waals surface area contributed by atoms with Crippen molar-refractivity contribution in [2.24, 2.45) is 0 Å². The second-order valence-corrected chi connectivity index (χ2v) is 5.71. The first kappa shape index (κ1) is 17.8. The minimum atomic E-state index is -0.648. The van der Waals surface area contributed by atoms with E-state index in [2.05, 4.69) is 5.32 Å². The number of anilines is 1. The van der Waals surface area contributed by atoms with Crippen LogP contribution in [-0.2, 0) is 14.3 Å². The van der Waals surface area contributed by atoms with Crippen molar-refractivity contribution in [3.8, 4) is 5.75 Å². The molecule has 0 aliphatic heterocycles. The van der Waals surface area contributed by atoms with Crippen molar-refractivity contribution in [2.75, 3.05) is 18.5 Å². The van der Waals surface area contributed by atoms with Crippen molar-refractivity contribution >= 4 is 29.2 Å². The maximum atomic E-state index is 11.8. The summed E-state index contributed by atoms with van der Waals surface area (Å²) in [6.07, 6.45) is 0. The van der Waals surface area contributed by atoms with Gasteiger partial charge in [-0.15, -0.1) is 0 Å². The molecule has 0 bridgehead atoms. The molecule has 2 aromatic carbocycles. The van der Waals surface area contributed by atoms with Gasteiger partial charge in [0, 0.05) is 5.69 Å². The molecular weight excluding hydrogens is 330 g/mol. The lowest BCUT2D eigenvalue weighted by Gasteiger charge is -2.09. The second-order valence-electron chi connectivity index (χ2n) is 5.30. The number of aryl methyl sites for hydroxylation is 2. The van der Waals surface area contributed by atoms with Crippen LogP contribution in [0.5, 0.6) is 5.75 Å². The summed E-state index contributed by atoms with van der Waals surface area (Å²) < 4.78 is 10.1. The van der Waals surface area contributed by atoms with Crippen molar-refractivity contribution in [1.82, 2.24) is 0 Å². The van der Waals surface area contributed by atoms with Gasteiger partial charge in [0.1, 0.15) is 5.75 Å². The molecular formula is C18H18ClNO4. The number of para-hydroxylation sites is 1. The summed E-state index contributed by atoms with van der Waals surface area (Å²) in [4.78, 5) is 23.4. The Labute approximate surface area is 145 Å². The molecule has 126 valence electrons. The molecule has 6 heteroatoms. The van der Waals surface area contributed by atoms with Crippen LogP contribution in [0.25, 0.3) is 0 Å². The smallest absolute Gasteiger partial charge is 0.344 e. The fourth-order valence-corrected chi connectivity index (χ4v) is 2.32. The van der Waals surface area contributed by atoms with Crippen molar-refractivity contribution in [3.63, 3.8) is 0 Å². The summed E-state index contributed by atoms with van der Waals surface area (Å²) in [7, 11) is 0. The van der Waals surface area contributed by atoms with Gasteiger partial charge in [-0.2, -0.15) is 0 Å². The lowest BCUT2D eigenvalue weighted by Crippen LogP contribution is -2.23. The Hall–Kier alpha value is -2.53. The molecule has 0 aliphatic rings. The van der Waals surface area contributed by atoms with Crippen molar-refractivity contribution in [1.29, 1.82) is 0 Å². The van der Waals surface area contributed by atoms with E-state index in [9.17, 15) is 9.59 Å². The van der Waals surface area contributed by atoms with Gasteiger partial charge in [0.05, 0.1) is 5.02 Å². The van der Waals surface area contributed by atoms with Crippen LogP contribution < -0.4 is 10.1 Å². The number of carbonyl (C=O) groups excluding carboxylic acids is 2. The number of carbonyl (C=O) groups is 2. The summed E-state index contributed by atoms with van der Waals surface area (Å²) in [5.74, 6) is -0.674. The minimum Gasteiger partial charge on any atom is -0.480 e. The first-order chi connectivity index (χ1) is 11.4. The maximum Gasteiger partial charge on any atom is 0.344 e. The zero-order valence-electron chi connectivity index (χ0n) is 13.5. The Morgan fingerprint density at radius 3 is 2.38 bits per heavy atom. The van der Waals surface area contributed by atoms with Gasteiger partial charge in [-0.25, -0.2) is 4.79 Å². The summed E-state index contributed by atoms with van der Waals surface area (Å²) in [5.41, 5.74) is 2.74. The molecule has 1 N–H and O–H groups in total. The van der Waals surface area contributed by atoms with Crippen LogP contribution in [0.4, 0.5) is 5.69 Å². The van der Waals surface area contributed by atoms with Gasteiger partial charge in [-0.1, -0.05) is 29.8 Å². The third-order valence-electron chi connectivity index (χ3n) is 3.05. The summed E-state index contributed by atoms with van der Waals surface area (Å²) >= 11 is 5.91. The quantitative estimate of drug-likeness (QED) is 0.812. The highest BCUT2D eigenvalue weighted by atomic mass is 35.5. The predicted molar refractivity (Wildman–Crippen MR) is 92.5 cm³/mol. The summed E-state index contributed by atoms with van der Waals surface area (Å²) in [5, 5.41) is 3.08. The topological polar surface area (TPSA) is 64.6 Å². The van der Waals surface area contributed by atoms with E-state index in [1.165, 1.54) is 0 Å². The second kappa shape index (κ2) is 8.36. The maximum absolute atomic E-state index is 11.8. The van der Waals surface area contributed by atoms with Gasteiger partial charge in [0.15, 0.2) is 13.2 Å². The third kappa shape index (κ3) is 5.59. The molecule has 0 atom stereocenters. The molecule has 0 aromatic heterocycles. The van der Waals surface area contributed by atoms with Crippen molar-refractivity contribution < 1.29 is 19.1 Å². The Morgan fingerprint density at radius 1 is 1.04 bits per heavy atom. The Kier molecular flexibility index (Phi) is 6.21. The van der Waals surface area contributed by atoms with Crippen LogP contribution in [0.1, 0.15) is 11.1 Å². The lowest BCUT2D eigenvalue weighted by atomic mass is 10.1. The van der Waals surface area contributed by atoms with Crippen molar-refractivity contribution in [2.45, 2.75) is 13.8 Å². The number of halogens is 1. The third-order valence-corrected chi connectivity index (χ3v) is 3.36. The number of benzene rings is 2. The van der Waals surface area contributed by atoms with Crippen LogP contribution in [0, 0.1) is 13.8 Å². The lowest BCUT2D eigenvalue weighted by molar-refractivity contribution is -0.149. The first-order valence-electron chi connectivity index (χ1n) is 7.35. The van der Waals surface area contributed by atoms with Gasteiger partial charge in [-0.3, -0.25) is 4.79 Å². The molecule has 2 rings (SSSR count). The number of hydrogen-bond donors (Lipinski definition) is 1. The fraction of sp³-hybridized carbons (Fsp3) is 0.222. The molecule has 0 fully saturated rings. The van der Waals surface area contributed by atoms with Crippen LogP contribution in [0.2, 0.25) is 5.02 Å². The van der Waals surface area contributed by atoms with Crippen LogP contribution in [0.15, 0.2) is 42.5 Å². The van der Waals surface area contributed by atoms with Gasteiger partial charge < -0.3 is 14.8 Å². The SMILES string of the molecule is Cc1cc(C)cc(NC(=O)COC(=O)COc2ccccc2Cl)c1. The van der Waals surface area contributed by atoms with Crippen molar-refractivity contribution in [3.05, 3.63) is 58.6 Å². The van der Waals surface area contributed by atoms with Gasteiger partial charge in [0.25, 0.3) is 5.91 Å². The van der Waals surface area contributed by atoms with E-state index in [0.717, 1.165) is 11.1 Å². The zero-order chi connectivity index (χ0) is 17.5. The molecule has 0 radical (unpaired) electrons. The van der Waals surface area contributed by atoms with Crippen LogP contribution >= 0.6 is 11.6 Å². The Balaban J connectivity index is 1.77. The van der Waals surface area contributed by atoms with Gasteiger partial charge in [0.2, 0.25) is 0 Å². The molecule has 0 spiro atoms. The molecule has 0 unspecified atom stereocenters. The summed E-state index contributed by atoms with van der Waals surface area (Å²) in [6, 6.07) is 12.5. The molecule has 0 aliphatic carbocycles. The van der Waals surface area contributed by atoms with E-state index in [1.807, 2.05) is 32.0 Å². The largest absolute Gasteiger partial charge is 0.480 e. The number of hydrogen-bond acceptors (Lipinski definition) is 4. The molecule has 0 saturated carbocycles. The molecule has 0 saturated heterocycles. The average Bonchev–Trinajstić information content (AvgIpc) is 2.51. The molecule has 1 amide bonds. The normalized spacial score (nSPS) is 10.1. The van der Waals surface area contributed by atoms with Gasteiger partial charge >= 0.3 is 5.97 Å². The number of amides is 1. The average molecular weight is 348 g/mol. The van der Waals surface area contributed by atoms with E-state index in [-0.39, 0.29) is 13.2 Å². The predicted octanol–water partition coefficient (Wildman–Crippen LogP) is 3.52. The van der Waals surface area contributed by atoms with E-state index >= 15 is 0 Å². The number of rotatable bonds is 6. The number of ether oxygens (including phenoxy) is 2. The van der Waals surface area contributed by atoms with Crippen LogP contribution in [-0.4, -0.2) is 25.1 Å². The molecule has 2 aromatic rings. The Morgan fingerprint density at radius 2 is 1.71 bits per heavy atom. The monoisotopic (exact) mass is 347 g/mol. The van der Waals surface area contributed by atoms with E-state index in [4.69, 9.17) is 21.1 Å².